The zero-order valence-electron chi connectivity index (χ0n) is 8.25. The van der Waals surface area contributed by atoms with E-state index in [1.807, 2.05) is 6.26 Å². The quantitative estimate of drug-likeness (QED) is 0.610. The minimum absolute atomic E-state index is 0.221. The number of rotatable bonds is 4. The lowest BCUT2D eigenvalue weighted by molar-refractivity contribution is 0.628. The number of hydrazone groups is 1. The van der Waals surface area contributed by atoms with Crippen molar-refractivity contribution in [1.29, 1.82) is 0 Å². The standard InChI is InChI=1S/C10H13FN2S/c1-12-13-10(7-14-2)8-3-5-9(11)6-4-8/h3-6,12H,7H2,1-2H3/b13-10-. The van der Waals surface area contributed by atoms with Gasteiger partial charge >= 0.3 is 0 Å². The normalized spacial score (nSPS) is 11.5. The van der Waals surface area contributed by atoms with Crippen LogP contribution in [0.15, 0.2) is 29.4 Å². The van der Waals surface area contributed by atoms with Crippen LogP contribution in [0.5, 0.6) is 0 Å². The summed E-state index contributed by atoms with van der Waals surface area (Å²) in [6, 6.07) is 6.37. The number of halogens is 1. The molecule has 76 valence electrons. The monoisotopic (exact) mass is 212 g/mol. The lowest BCUT2D eigenvalue weighted by Gasteiger charge is -2.04. The molecule has 1 aromatic carbocycles. The third-order valence-electron chi connectivity index (χ3n) is 1.71. The lowest BCUT2D eigenvalue weighted by atomic mass is 10.1. The lowest BCUT2D eigenvalue weighted by Crippen LogP contribution is -2.09. The van der Waals surface area contributed by atoms with Gasteiger partial charge in [0.15, 0.2) is 0 Å². The Hall–Kier alpha value is -1.03. The van der Waals surface area contributed by atoms with E-state index in [2.05, 4.69) is 10.5 Å². The first kappa shape index (κ1) is 11.0. The Bertz CT molecular complexity index is 308. The molecule has 0 bridgehead atoms. The first-order chi connectivity index (χ1) is 6.77. The molecule has 0 unspecified atom stereocenters. The van der Waals surface area contributed by atoms with Crippen LogP contribution in [-0.2, 0) is 0 Å². The van der Waals surface area contributed by atoms with Gasteiger partial charge in [0.1, 0.15) is 5.82 Å². The molecule has 1 aromatic rings. The zero-order chi connectivity index (χ0) is 10.4. The summed E-state index contributed by atoms with van der Waals surface area (Å²) < 4.78 is 12.7. The van der Waals surface area contributed by atoms with Crippen molar-refractivity contribution >= 4 is 17.5 Å². The van der Waals surface area contributed by atoms with E-state index in [4.69, 9.17) is 0 Å². The Kier molecular flexibility index (Phi) is 4.46. The summed E-state index contributed by atoms with van der Waals surface area (Å²) in [7, 11) is 1.75. The molecule has 0 atom stereocenters. The molecule has 0 aliphatic carbocycles. The van der Waals surface area contributed by atoms with E-state index in [1.165, 1.54) is 12.1 Å². The molecule has 0 aliphatic heterocycles. The predicted octanol–water partition coefficient (Wildman–Crippen LogP) is 2.11. The molecule has 0 aromatic heterocycles. The average Bonchev–Trinajstić information content (AvgIpc) is 2.19. The van der Waals surface area contributed by atoms with E-state index in [9.17, 15) is 4.39 Å². The molecule has 0 fully saturated rings. The molecule has 0 spiro atoms. The predicted molar refractivity (Wildman–Crippen MR) is 60.4 cm³/mol. The van der Waals surface area contributed by atoms with E-state index in [0.717, 1.165) is 17.0 Å². The van der Waals surface area contributed by atoms with Crippen molar-refractivity contribution < 1.29 is 4.39 Å². The number of thioether (sulfide) groups is 1. The number of nitrogens with zero attached hydrogens (tertiary/aromatic N) is 1. The van der Waals surface area contributed by atoms with Crippen LogP contribution in [0.25, 0.3) is 0 Å². The van der Waals surface area contributed by atoms with Gasteiger partial charge in [-0.05, 0) is 24.0 Å². The van der Waals surface area contributed by atoms with Crippen LogP contribution in [-0.4, -0.2) is 24.8 Å². The molecule has 1 N–H and O–H groups in total. The summed E-state index contributed by atoms with van der Waals surface area (Å²) in [4.78, 5) is 0. The Morgan fingerprint density at radius 2 is 2.07 bits per heavy atom. The topological polar surface area (TPSA) is 24.4 Å². The van der Waals surface area contributed by atoms with Crippen LogP contribution in [0.2, 0.25) is 0 Å². The molecule has 0 saturated carbocycles. The number of nitrogens with one attached hydrogen (secondary N) is 1. The summed E-state index contributed by atoms with van der Waals surface area (Å²) >= 11 is 1.68. The second-order valence-corrected chi connectivity index (χ2v) is 3.59. The van der Waals surface area contributed by atoms with Crippen molar-refractivity contribution in [1.82, 2.24) is 5.43 Å². The Labute approximate surface area is 87.6 Å². The van der Waals surface area contributed by atoms with Crippen molar-refractivity contribution in [2.45, 2.75) is 0 Å². The first-order valence-electron chi connectivity index (χ1n) is 4.26. The second kappa shape index (κ2) is 5.65. The van der Waals surface area contributed by atoms with Gasteiger partial charge in [-0.1, -0.05) is 12.1 Å². The molecule has 0 heterocycles. The molecule has 0 saturated heterocycles. The average molecular weight is 212 g/mol. The molecule has 14 heavy (non-hydrogen) atoms. The first-order valence-corrected chi connectivity index (χ1v) is 5.65. The number of hydrogen-bond donors (Lipinski definition) is 1. The largest absolute Gasteiger partial charge is 0.313 e. The molecular formula is C10H13FN2S. The second-order valence-electron chi connectivity index (χ2n) is 2.72. The van der Waals surface area contributed by atoms with Gasteiger partial charge in [-0.2, -0.15) is 16.9 Å². The van der Waals surface area contributed by atoms with Crippen molar-refractivity contribution in [3.63, 3.8) is 0 Å². The molecule has 2 nitrogen and oxygen atoms in total. The fraction of sp³-hybridized carbons (Fsp3) is 0.300. The number of hydrogen-bond acceptors (Lipinski definition) is 3. The smallest absolute Gasteiger partial charge is 0.123 e. The third-order valence-corrected chi connectivity index (χ3v) is 2.27. The molecule has 0 amide bonds. The van der Waals surface area contributed by atoms with Gasteiger partial charge in [-0.15, -0.1) is 0 Å². The Balaban J connectivity index is 2.88. The van der Waals surface area contributed by atoms with Crippen molar-refractivity contribution in [2.24, 2.45) is 5.10 Å². The van der Waals surface area contributed by atoms with Crippen molar-refractivity contribution in [2.75, 3.05) is 19.1 Å². The highest BCUT2D eigenvalue weighted by Crippen LogP contribution is 2.07. The summed E-state index contributed by atoms with van der Waals surface area (Å²) in [5, 5.41) is 4.14. The van der Waals surface area contributed by atoms with Crippen LogP contribution in [0.3, 0.4) is 0 Å². The van der Waals surface area contributed by atoms with Gasteiger partial charge in [0.2, 0.25) is 0 Å². The van der Waals surface area contributed by atoms with E-state index in [1.54, 1.807) is 30.9 Å². The SMILES string of the molecule is CN/N=C(/CSC)c1ccc(F)cc1. The maximum atomic E-state index is 12.7. The van der Waals surface area contributed by atoms with E-state index >= 15 is 0 Å². The van der Waals surface area contributed by atoms with Gasteiger partial charge in [0, 0.05) is 12.8 Å². The highest BCUT2D eigenvalue weighted by molar-refractivity contribution is 7.99. The molecular weight excluding hydrogens is 199 g/mol. The van der Waals surface area contributed by atoms with E-state index in [-0.39, 0.29) is 5.82 Å². The van der Waals surface area contributed by atoms with Crippen molar-refractivity contribution in [3.05, 3.63) is 35.6 Å². The van der Waals surface area contributed by atoms with E-state index in [0.29, 0.717) is 0 Å². The molecule has 1 rings (SSSR count). The van der Waals surface area contributed by atoms with Gasteiger partial charge in [-0.25, -0.2) is 4.39 Å². The van der Waals surface area contributed by atoms with Crippen LogP contribution >= 0.6 is 11.8 Å². The Morgan fingerprint density at radius 1 is 1.43 bits per heavy atom. The molecule has 0 radical (unpaired) electrons. The van der Waals surface area contributed by atoms with Crippen LogP contribution in [0.1, 0.15) is 5.56 Å². The van der Waals surface area contributed by atoms with Gasteiger partial charge in [-0.3, -0.25) is 0 Å². The minimum atomic E-state index is -0.221. The van der Waals surface area contributed by atoms with Gasteiger partial charge < -0.3 is 5.43 Å². The van der Waals surface area contributed by atoms with E-state index < -0.39 is 0 Å². The molecule has 4 heteroatoms. The maximum absolute atomic E-state index is 12.7. The summed E-state index contributed by atoms with van der Waals surface area (Å²) in [5.74, 6) is 0.591. The summed E-state index contributed by atoms with van der Waals surface area (Å²) in [6.45, 7) is 0. The zero-order valence-corrected chi connectivity index (χ0v) is 9.07. The van der Waals surface area contributed by atoms with Gasteiger partial charge in [0.05, 0.1) is 5.71 Å². The van der Waals surface area contributed by atoms with Crippen molar-refractivity contribution in [3.8, 4) is 0 Å². The van der Waals surface area contributed by atoms with Gasteiger partial charge in [0.25, 0.3) is 0 Å². The summed E-state index contributed by atoms with van der Waals surface area (Å²) in [5.41, 5.74) is 4.63. The van der Waals surface area contributed by atoms with Crippen LogP contribution < -0.4 is 5.43 Å². The number of benzene rings is 1. The third kappa shape index (κ3) is 3.03. The van der Waals surface area contributed by atoms with Crippen LogP contribution in [0, 0.1) is 5.82 Å². The summed E-state index contributed by atoms with van der Waals surface area (Å²) in [6.07, 6.45) is 2.01. The Morgan fingerprint density at radius 3 is 2.57 bits per heavy atom. The maximum Gasteiger partial charge on any atom is 0.123 e. The molecule has 0 aliphatic rings. The fourth-order valence-corrected chi connectivity index (χ4v) is 1.60. The van der Waals surface area contributed by atoms with Crippen LogP contribution in [0.4, 0.5) is 4.39 Å². The highest BCUT2D eigenvalue weighted by atomic mass is 32.2. The minimum Gasteiger partial charge on any atom is -0.313 e. The highest BCUT2D eigenvalue weighted by Gasteiger charge is 2.02. The fourth-order valence-electron chi connectivity index (χ4n) is 1.09.